The minimum Gasteiger partial charge on any atom is -0.334 e. The summed E-state index contributed by atoms with van der Waals surface area (Å²) in [5.74, 6) is -0.762. The van der Waals surface area contributed by atoms with Crippen LogP contribution in [0.5, 0.6) is 0 Å². The average molecular weight is 581 g/mol. The van der Waals surface area contributed by atoms with Gasteiger partial charge in [0, 0.05) is 37.9 Å². The van der Waals surface area contributed by atoms with Crippen molar-refractivity contribution < 1.29 is 22.4 Å². The number of nitrogens with zero attached hydrogens (tertiary/aromatic N) is 3. The second kappa shape index (κ2) is 13.7. The molecule has 1 N–H and O–H groups in total. The SMILES string of the molecule is CCCN(CC(=O)N(Cc1cccc(F)c1)C1CCN(C(=O)Nc2ccc(C)cc2)CC1)S(=O)(=O)c1ccccc1. The van der Waals surface area contributed by atoms with Crippen LogP contribution in [-0.2, 0) is 21.4 Å². The highest BCUT2D eigenvalue weighted by molar-refractivity contribution is 7.89. The number of sulfonamides is 1. The van der Waals surface area contributed by atoms with E-state index >= 15 is 0 Å². The van der Waals surface area contributed by atoms with Gasteiger partial charge in [0.15, 0.2) is 0 Å². The Hall–Kier alpha value is -3.76. The Bertz CT molecular complexity index is 1430. The van der Waals surface area contributed by atoms with Gasteiger partial charge in [0.05, 0.1) is 11.4 Å². The summed E-state index contributed by atoms with van der Waals surface area (Å²) in [6.45, 7) is 4.70. The summed E-state index contributed by atoms with van der Waals surface area (Å²) in [5.41, 5.74) is 2.42. The van der Waals surface area contributed by atoms with Crippen molar-refractivity contribution in [2.24, 2.45) is 0 Å². The van der Waals surface area contributed by atoms with Gasteiger partial charge >= 0.3 is 6.03 Å². The molecular formula is C31H37FN4O4S. The van der Waals surface area contributed by atoms with Gasteiger partial charge in [-0.15, -0.1) is 0 Å². The Morgan fingerprint density at radius 1 is 0.976 bits per heavy atom. The number of amides is 3. The number of carbonyl (C=O) groups excluding carboxylic acids is 2. The molecule has 3 aromatic carbocycles. The molecule has 10 heteroatoms. The van der Waals surface area contributed by atoms with Crippen molar-refractivity contribution in [3.63, 3.8) is 0 Å². The number of nitrogens with one attached hydrogen (secondary N) is 1. The van der Waals surface area contributed by atoms with E-state index in [1.807, 2.05) is 38.1 Å². The fraction of sp³-hybridized carbons (Fsp3) is 0.355. The van der Waals surface area contributed by atoms with Crippen LogP contribution in [0, 0.1) is 12.7 Å². The highest BCUT2D eigenvalue weighted by Gasteiger charge is 2.33. The van der Waals surface area contributed by atoms with Crippen molar-refractivity contribution in [2.75, 3.05) is 31.5 Å². The Balaban J connectivity index is 1.49. The van der Waals surface area contributed by atoms with E-state index in [0.717, 1.165) is 5.56 Å². The van der Waals surface area contributed by atoms with Gasteiger partial charge in [0.2, 0.25) is 15.9 Å². The smallest absolute Gasteiger partial charge is 0.321 e. The molecule has 0 radical (unpaired) electrons. The minimum absolute atomic E-state index is 0.130. The van der Waals surface area contributed by atoms with Gasteiger partial charge in [0.1, 0.15) is 5.82 Å². The van der Waals surface area contributed by atoms with Gasteiger partial charge in [-0.25, -0.2) is 17.6 Å². The van der Waals surface area contributed by atoms with Gasteiger partial charge in [0.25, 0.3) is 0 Å². The summed E-state index contributed by atoms with van der Waals surface area (Å²) in [7, 11) is -3.89. The zero-order valence-corrected chi connectivity index (χ0v) is 24.3. The zero-order chi connectivity index (χ0) is 29.4. The van der Waals surface area contributed by atoms with Crippen molar-refractivity contribution in [2.45, 2.75) is 50.6 Å². The van der Waals surface area contributed by atoms with Crippen LogP contribution in [0.3, 0.4) is 0 Å². The molecule has 0 spiro atoms. The first-order valence-electron chi connectivity index (χ1n) is 13.9. The third-order valence-corrected chi connectivity index (χ3v) is 9.08. The fourth-order valence-corrected chi connectivity index (χ4v) is 6.49. The molecule has 8 nitrogen and oxygen atoms in total. The molecule has 0 aliphatic carbocycles. The second-order valence-corrected chi connectivity index (χ2v) is 12.3. The highest BCUT2D eigenvalue weighted by Crippen LogP contribution is 2.23. The van der Waals surface area contributed by atoms with Crippen LogP contribution in [0.1, 0.15) is 37.3 Å². The molecule has 1 heterocycles. The summed E-state index contributed by atoms with van der Waals surface area (Å²) in [6.07, 6.45) is 1.57. The van der Waals surface area contributed by atoms with E-state index in [1.165, 1.54) is 28.6 Å². The monoisotopic (exact) mass is 580 g/mol. The molecule has 0 aromatic heterocycles. The molecule has 0 unspecified atom stereocenters. The molecule has 0 bridgehead atoms. The summed E-state index contributed by atoms with van der Waals surface area (Å²) in [6, 6.07) is 21.3. The largest absolute Gasteiger partial charge is 0.334 e. The number of rotatable bonds is 10. The van der Waals surface area contributed by atoms with Gasteiger partial charge in [-0.3, -0.25) is 4.79 Å². The lowest BCUT2D eigenvalue weighted by Gasteiger charge is -2.39. The van der Waals surface area contributed by atoms with Crippen molar-refractivity contribution in [1.82, 2.24) is 14.1 Å². The molecule has 3 aromatic rings. The molecule has 1 aliphatic heterocycles. The van der Waals surface area contributed by atoms with Crippen molar-refractivity contribution in [3.05, 3.63) is 95.8 Å². The van der Waals surface area contributed by atoms with Crippen LogP contribution in [0.15, 0.2) is 83.8 Å². The Kier molecular flexibility index (Phi) is 10.1. The molecule has 41 heavy (non-hydrogen) atoms. The maximum absolute atomic E-state index is 14.0. The van der Waals surface area contributed by atoms with Crippen LogP contribution >= 0.6 is 0 Å². The highest BCUT2D eigenvalue weighted by atomic mass is 32.2. The third-order valence-electron chi connectivity index (χ3n) is 7.22. The van der Waals surface area contributed by atoms with Crippen LogP contribution in [0.4, 0.5) is 14.9 Å². The number of likely N-dealkylation sites (tertiary alicyclic amines) is 1. The van der Waals surface area contributed by atoms with Crippen molar-refractivity contribution in [3.8, 4) is 0 Å². The van der Waals surface area contributed by atoms with Crippen LogP contribution in [0.25, 0.3) is 0 Å². The van der Waals surface area contributed by atoms with Crippen LogP contribution in [-0.4, -0.2) is 66.7 Å². The maximum Gasteiger partial charge on any atom is 0.321 e. The molecule has 3 amide bonds. The quantitative estimate of drug-likeness (QED) is 0.354. The van der Waals surface area contributed by atoms with E-state index < -0.39 is 15.8 Å². The van der Waals surface area contributed by atoms with Gasteiger partial charge in [-0.05, 0) is 68.1 Å². The number of anilines is 1. The Morgan fingerprint density at radius 2 is 1.66 bits per heavy atom. The van der Waals surface area contributed by atoms with E-state index in [4.69, 9.17) is 0 Å². The maximum atomic E-state index is 14.0. The first-order chi connectivity index (χ1) is 19.7. The normalized spacial score (nSPS) is 14.2. The molecule has 218 valence electrons. The number of piperidine rings is 1. The number of benzene rings is 3. The van der Waals surface area contributed by atoms with Crippen molar-refractivity contribution >= 4 is 27.6 Å². The predicted molar refractivity (Wildman–Crippen MR) is 157 cm³/mol. The molecule has 1 saturated heterocycles. The third kappa shape index (κ3) is 7.92. The molecular weight excluding hydrogens is 543 g/mol. The average Bonchev–Trinajstić information content (AvgIpc) is 2.97. The van der Waals surface area contributed by atoms with Crippen LogP contribution < -0.4 is 5.32 Å². The van der Waals surface area contributed by atoms with Gasteiger partial charge in [-0.2, -0.15) is 4.31 Å². The van der Waals surface area contributed by atoms with E-state index in [9.17, 15) is 22.4 Å². The fourth-order valence-electron chi connectivity index (χ4n) is 4.99. The standard InChI is InChI=1S/C31H37FN4O4S/c1-3-18-35(41(39,40)29-10-5-4-6-11-29)23-30(37)36(22-25-8-7-9-26(32)21-25)28-16-19-34(20-17-28)31(38)33-27-14-12-24(2)13-15-27/h4-15,21,28H,3,16-20,22-23H2,1-2H3,(H,33,38). The van der Waals surface area contributed by atoms with Gasteiger partial charge in [-0.1, -0.05) is 55.0 Å². The van der Waals surface area contributed by atoms with Crippen LogP contribution in [0.2, 0.25) is 0 Å². The zero-order valence-electron chi connectivity index (χ0n) is 23.5. The number of aryl methyl sites for hydroxylation is 1. The number of halogens is 1. The molecule has 4 rings (SSSR count). The minimum atomic E-state index is -3.89. The second-order valence-electron chi connectivity index (χ2n) is 10.3. The topological polar surface area (TPSA) is 90.0 Å². The lowest BCUT2D eigenvalue weighted by atomic mass is 10.0. The summed E-state index contributed by atoms with van der Waals surface area (Å²) in [5, 5.41) is 2.92. The first kappa shape index (κ1) is 30.2. The first-order valence-corrected chi connectivity index (χ1v) is 15.3. The summed E-state index contributed by atoms with van der Waals surface area (Å²) in [4.78, 5) is 30.2. The number of urea groups is 1. The van der Waals surface area contributed by atoms with E-state index in [0.29, 0.717) is 43.6 Å². The Morgan fingerprint density at radius 3 is 2.29 bits per heavy atom. The predicted octanol–water partition coefficient (Wildman–Crippen LogP) is 5.26. The number of hydrogen-bond donors (Lipinski definition) is 1. The molecule has 1 aliphatic rings. The lowest BCUT2D eigenvalue weighted by molar-refractivity contribution is -0.135. The Labute approximate surface area is 241 Å². The molecule has 0 saturated carbocycles. The lowest BCUT2D eigenvalue weighted by Crippen LogP contribution is -2.51. The molecule has 1 fully saturated rings. The number of hydrogen-bond acceptors (Lipinski definition) is 4. The van der Waals surface area contributed by atoms with Gasteiger partial charge < -0.3 is 15.1 Å². The van der Waals surface area contributed by atoms with E-state index in [-0.39, 0.29) is 42.5 Å². The molecule has 0 atom stereocenters. The van der Waals surface area contributed by atoms with Crippen molar-refractivity contribution in [1.29, 1.82) is 0 Å². The van der Waals surface area contributed by atoms with E-state index in [1.54, 1.807) is 40.1 Å². The summed E-state index contributed by atoms with van der Waals surface area (Å²) < 4.78 is 42.0. The summed E-state index contributed by atoms with van der Waals surface area (Å²) >= 11 is 0. The van der Waals surface area contributed by atoms with E-state index in [2.05, 4.69) is 5.32 Å². The number of carbonyl (C=O) groups is 2.